The van der Waals surface area contributed by atoms with Crippen molar-refractivity contribution in [2.75, 3.05) is 38.3 Å². The van der Waals surface area contributed by atoms with E-state index in [0.29, 0.717) is 24.3 Å². The van der Waals surface area contributed by atoms with Crippen LogP contribution in [0.3, 0.4) is 0 Å². The number of thioether (sulfide) groups is 1. The van der Waals surface area contributed by atoms with Crippen LogP contribution in [0, 0.1) is 46.3 Å². The molecule has 0 aliphatic heterocycles. The summed E-state index contributed by atoms with van der Waals surface area (Å²) in [5.41, 5.74) is 7.59. The molecule has 9 heteroatoms. The Morgan fingerprint density at radius 2 is 1.83 bits per heavy atom. The van der Waals surface area contributed by atoms with Gasteiger partial charge in [0, 0.05) is 18.7 Å². The van der Waals surface area contributed by atoms with Crippen LogP contribution < -0.4 is 16.4 Å². The standard InChI is InChI=1S/C38H65N3O5S/c1-25(2)8-7-9-26(3)30-12-13-31-29-11-10-27-22-28(14-17-37(27,4)32(29)15-18-38(30,31)5)46-35(43)16-20-45-21-19-41-34(42)24-47-23-33(40-6)36(39)44/h10,25-26,28-33,40H,7-9,11-24H2,1-6H3,(H2,39,44)(H,41,42)/t26-,28+,29?,30-,31?,32?,33+,37+,38-/m1/s1. The number of carbonyl (C=O) groups is 3. The van der Waals surface area contributed by atoms with Gasteiger partial charge in [0.05, 0.1) is 31.4 Å². The summed E-state index contributed by atoms with van der Waals surface area (Å²) in [6.07, 6.45) is 16.6. The van der Waals surface area contributed by atoms with Gasteiger partial charge in [-0.05, 0) is 98.3 Å². The van der Waals surface area contributed by atoms with Gasteiger partial charge in [-0.2, -0.15) is 0 Å². The van der Waals surface area contributed by atoms with Crippen LogP contribution in [0.4, 0.5) is 0 Å². The van der Waals surface area contributed by atoms with E-state index in [4.69, 9.17) is 15.2 Å². The van der Waals surface area contributed by atoms with E-state index < -0.39 is 11.9 Å². The Bertz CT molecular complexity index is 1100. The first-order valence-corrected chi connectivity index (χ1v) is 19.8. The third kappa shape index (κ3) is 9.56. The minimum absolute atomic E-state index is 0.0383. The molecule has 2 amide bonds. The van der Waals surface area contributed by atoms with E-state index in [0.717, 1.165) is 54.8 Å². The highest BCUT2D eigenvalue weighted by Crippen LogP contribution is 2.67. The Labute approximate surface area is 289 Å². The lowest BCUT2D eigenvalue weighted by molar-refractivity contribution is -0.152. The number of nitrogens with two attached hydrogens (primary N) is 1. The molecule has 4 N–H and O–H groups in total. The van der Waals surface area contributed by atoms with Crippen LogP contribution in [0.1, 0.15) is 112 Å². The monoisotopic (exact) mass is 675 g/mol. The van der Waals surface area contributed by atoms with Crippen LogP contribution in [0.2, 0.25) is 0 Å². The largest absolute Gasteiger partial charge is 0.462 e. The zero-order valence-electron chi connectivity index (χ0n) is 30.2. The number of hydrogen-bond acceptors (Lipinski definition) is 7. The molecule has 0 aromatic heterocycles. The molecular weight excluding hydrogens is 611 g/mol. The van der Waals surface area contributed by atoms with E-state index in [-0.39, 0.29) is 42.2 Å². The highest BCUT2D eigenvalue weighted by atomic mass is 32.2. The highest BCUT2D eigenvalue weighted by Gasteiger charge is 2.59. The van der Waals surface area contributed by atoms with Crippen LogP contribution in [0.5, 0.6) is 0 Å². The summed E-state index contributed by atoms with van der Waals surface area (Å²) in [7, 11) is 1.67. The van der Waals surface area contributed by atoms with Gasteiger partial charge in [-0.15, -0.1) is 11.8 Å². The topological polar surface area (TPSA) is 120 Å². The summed E-state index contributed by atoms with van der Waals surface area (Å²) in [6.45, 7) is 13.4. The van der Waals surface area contributed by atoms with Crippen molar-refractivity contribution in [3.05, 3.63) is 11.6 Å². The maximum absolute atomic E-state index is 12.7. The number of carbonyl (C=O) groups excluding carboxylic acids is 3. The summed E-state index contributed by atoms with van der Waals surface area (Å²) in [5.74, 6) is 4.89. The lowest BCUT2D eigenvalue weighted by atomic mass is 9.47. The summed E-state index contributed by atoms with van der Waals surface area (Å²) in [6, 6.07) is -0.451. The second-order valence-electron chi connectivity index (χ2n) is 16.1. The average molecular weight is 676 g/mol. The summed E-state index contributed by atoms with van der Waals surface area (Å²) < 4.78 is 11.5. The molecule has 0 radical (unpaired) electrons. The normalized spacial score (nSPS) is 32.8. The van der Waals surface area contributed by atoms with Crippen LogP contribution in [0.25, 0.3) is 0 Å². The molecule has 4 rings (SSSR count). The third-order valence-electron chi connectivity index (χ3n) is 12.8. The number of allylic oxidation sites excluding steroid dienone is 1. The molecule has 0 spiro atoms. The molecule has 4 aliphatic rings. The second-order valence-corrected chi connectivity index (χ2v) is 17.1. The van der Waals surface area contributed by atoms with Crippen molar-refractivity contribution in [3.8, 4) is 0 Å². The minimum Gasteiger partial charge on any atom is -0.462 e. The number of fused-ring (bicyclic) bond motifs is 5. The van der Waals surface area contributed by atoms with Gasteiger partial charge in [-0.25, -0.2) is 0 Å². The molecule has 0 bridgehead atoms. The number of hydrogen-bond donors (Lipinski definition) is 3. The molecule has 0 aromatic rings. The number of nitrogens with one attached hydrogen (secondary N) is 2. The van der Waals surface area contributed by atoms with Gasteiger partial charge in [-0.1, -0.05) is 65.5 Å². The van der Waals surface area contributed by atoms with Crippen molar-refractivity contribution < 1.29 is 23.9 Å². The van der Waals surface area contributed by atoms with E-state index in [9.17, 15) is 14.4 Å². The van der Waals surface area contributed by atoms with Crippen LogP contribution >= 0.6 is 11.8 Å². The predicted octanol–water partition coefficient (Wildman–Crippen LogP) is 6.27. The van der Waals surface area contributed by atoms with E-state index in [2.05, 4.69) is 51.3 Å². The maximum atomic E-state index is 12.7. The van der Waals surface area contributed by atoms with Gasteiger partial charge < -0.3 is 25.8 Å². The highest BCUT2D eigenvalue weighted by molar-refractivity contribution is 8.00. The number of likely N-dealkylation sites (N-methyl/N-ethyl adjacent to an activating group) is 1. The summed E-state index contributed by atoms with van der Waals surface area (Å²) in [4.78, 5) is 35.9. The van der Waals surface area contributed by atoms with Gasteiger partial charge >= 0.3 is 5.97 Å². The fourth-order valence-corrected chi connectivity index (χ4v) is 11.1. The van der Waals surface area contributed by atoms with Crippen LogP contribution in [0.15, 0.2) is 11.6 Å². The van der Waals surface area contributed by atoms with E-state index in [1.54, 1.807) is 12.6 Å². The molecule has 0 aromatic carbocycles. The fourth-order valence-electron chi connectivity index (χ4n) is 10.1. The molecule has 3 unspecified atom stereocenters. The first kappa shape index (κ1) is 38.2. The van der Waals surface area contributed by atoms with Crippen molar-refractivity contribution in [3.63, 3.8) is 0 Å². The van der Waals surface area contributed by atoms with Crippen molar-refractivity contribution in [1.82, 2.24) is 10.6 Å². The number of rotatable bonds is 18. The van der Waals surface area contributed by atoms with Gasteiger partial charge in [0.2, 0.25) is 11.8 Å². The molecule has 0 saturated heterocycles. The molecular formula is C38H65N3O5S. The third-order valence-corrected chi connectivity index (χ3v) is 13.8. The second kappa shape index (κ2) is 17.4. The van der Waals surface area contributed by atoms with E-state index >= 15 is 0 Å². The lowest BCUT2D eigenvalue weighted by Gasteiger charge is -2.58. The Morgan fingerprint density at radius 1 is 1.04 bits per heavy atom. The van der Waals surface area contributed by atoms with E-state index in [1.165, 1.54) is 63.1 Å². The van der Waals surface area contributed by atoms with Crippen molar-refractivity contribution in [1.29, 1.82) is 0 Å². The summed E-state index contributed by atoms with van der Waals surface area (Å²) >= 11 is 1.35. The first-order chi connectivity index (χ1) is 22.4. The number of esters is 1. The summed E-state index contributed by atoms with van der Waals surface area (Å²) in [5, 5.41) is 5.63. The fraction of sp³-hybridized carbons (Fsp3) is 0.868. The zero-order chi connectivity index (χ0) is 34.2. The predicted molar refractivity (Wildman–Crippen MR) is 191 cm³/mol. The SMILES string of the molecule is CN[C@@H](CSCC(=O)NCCOCCC(=O)O[C@H]1CC[C@@]2(C)C(=CCC3C2CC[C@@]2(C)C3CC[C@@H]2[C@H](C)CCCC(C)C)C1)C(N)=O. The van der Waals surface area contributed by atoms with Crippen molar-refractivity contribution in [2.45, 2.75) is 124 Å². The van der Waals surface area contributed by atoms with Gasteiger partial charge in [-0.3, -0.25) is 14.4 Å². The smallest absolute Gasteiger partial charge is 0.308 e. The number of ether oxygens (including phenoxy) is 2. The molecule has 47 heavy (non-hydrogen) atoms. The average Bonchev–Trinajstić information content (AvgIpc) is 3.38. The lowest BCUT2D eigenvalue weighted by Crippen LogP contribution is -2.51. The minimum atomic E-state index is -0.451. The number of primary amides is 1. The Balaban J connectivity index is 1.16. The van der Waals surface area contributed by atoms with Gasteiger partial charge in [0.1, 0.15) is 6.10 Å². The number of amides is 2. The Morgan fingerprint density at radius 3 is 2.55 bits per heavy atom. The maximum Gasteiger partial charge on any atom is 0.308 e. The van der Waals surface area contributed by atoms with Crippen molar-refractivity contribution >= 4 is 29.5 Å². The molecule has 9 atom stereocenters. The quantitative estimate of drug-likeness (QED) is 0.0890. The molecule has 3 fully saturated rings. The molecule has 4 aliphatic carbocycles. The molecule has 3 saturated carbocycles. The zero-order valence-corrected chi connectivity index (χ0v) is 31.1. The Hall–Kier alpha value is -1.58. The van der Waals surface area contributed by atoms with Crippen molar-refractivity contribution in [2.24, 2.45) is 52.1 Å². The molecule has 0 heterocycles. The Kier molecular flexibility index (Phi) is 14.1. The van der Waals surface area contributed by atoms with Crippen LogP contribution in [-0.4, -0.2) is 68.2 Å². The molecule has 8 nitrogen and oxygen atoms in total. The van der Waals surface area contributed by atoms with Gasteiger partial charge in [0.25, 0.3) is 0 Å². The van der Waals surface area contributed by atoms with Gasteiger partial charge in [0.15, 0.2) is 0 Å². The van der Waals surface area contributed by atoms with E-state index in [1.807, 2.05) is 0 Å². The molecule has 268 valence electrons. The van der Waals surface area contributed by atoms with Crippen LogP contribution in [-0.2, 0) is 23.9 Å². The first-order valence-electron chi connectivity index (χ1n) is 18.7.